The Kier molecular flexibility index (Phi) is 5.39. The van der Waals surface area contributed by atoms with E-state index in [1.165, 1.54) is 4.90 Å². The average Bonchev–Trinajstić information content (AvgIpc) is 3.00. The topological polar surface area (TPSA) is 74.6 Å². The number of thiocarbonyl (C=S) groups is 1. The molecule has 0 radical (unpaired) electrons. The van der Waals surface area contributed by atoms with Crippen molar-refractivity contribution in [3.8, 4) is 11.4 Å². The normalized spacial score (nSPS) is 15.5. The zero-order valence-corrected chi connectivity index (χ0v) is 18.3. The van der Waals surface area contributed by atoms with Crippen LogP contribution < -0.4 is 10.2 Å². The number of carbonyl (C=O) groups is 2. The van der Waals surface area contributed by atoms with Gasteiger partial charge >= 0.3 is 0 Å². The Morgan fingerprint density at radius 2 is 1.74 bits per heavy atom. The highest BCUT2D eigenvalue weighted by Crippen LogP contribution is 2.30. The summed E-state index contributed by atoms with van der Waals surface area (Å²) in [6.45, 7) is 3.82. The molecule has 8 heteroatoms. The maximum atomic E-state index is 13.2. The van der Waals surface area contributed by atoms with E-state index in [9.17, 15) is 14.7 Å². The molecule has 2 aromatic carbocycles. The largest absolute Gasteiger partial charge is 0.508 e. The van der Waals surface area contributed by atoms with Gasteiger partial charge in [0.1, 0.15) is 11.3 Å². The average molecular weight is 452 g/mol. The number of halogens is 1. The van der Waals surface area contributed by atoms with Crippen molar-refractivity contribution in [3.63, 3.8) is 0 Å². The molecule has 1 aromatic heterocycles. The Morgan fingerprint density at radius 1 is 1.06 bits per heavy atom. The van der Waals surface area contributed by atoms with Crippen molar-refractivity contribution in [2.75, 3.05) is 4.90 Å². The van der Waals surface area contributed by atoms with Gasteiger partial charge in [-0.05, 0) is 80.2 Å². The number of phenols is 1. The fraction of sp³-hybridized carbons (Fsp3) is 0.0870. The minimum absolute atomic E-state index is 0.0187. The first-order chi connectivity index (χ1) is 14.8. The molecule has 0 bridgehead atoms. The minimum Gasteiger partial charge on any atom is -0.508 e. The molecule has 0 saturated carbocycles. The highest BCUT2D eigenvalue weighted by molar-refractivity contribution is 7.80. The highest BCUT2D eigenvalue weighted by Gasteiger charge is 2.35. The predicted molar refractivity (Wildman–Crippen MR) is 125 cm³/mol. The Hall–Kier alpha value is -3.42. The second kappa shape index (κ2) is 8.02. The van der Waals surface area contributed by atoms with Crippen LogP contribution in [0.3, 0.4) is 0 Å². The van der Waals surface area contributed by atoms with Gasteiger partial charge in [0.25, 0.3) is 11.8 Å². The van der Waals surface area contributed by atoms with Crippen LogP contribution in [0.25, 0.3) is 11.8 Å². The van der Waals surface area contributed by atoms with Crippen molar-refractivity contribution < 1.29 is 14.7 Å². The maximum Gasteiger partial charge on any atom is 0.270 e. The van der Waals surface area contributed by atoms with Gasteiger partial charge in [-0.25, -0.2) is 0 Å². The van der Waals surface area contributed by atoms with E-state index in [1.54, 1.807) is 54.6 Å². The third-order valence-corrected chi connectivity index (χ3v) is 5.68. The van der Waals surface area contributed by atoms with Crippen molar-refractivity contribution in [2.45, 2.75) is 13.8 Å². The quantitative estimate of drug-likeness (QED) is 0.354. The number of para-hydroxylation sites is 1. The second-order valence-corrected chi connectivity index (χ2v) is 7.88. The van der Waals surface area contributed by atoms with Gasteiger partial charge in [0.05, 0.1) is 10.7 Å². The smallest absolute Gasteiger partial charge is 0.270 e. The van der Waals surface area contributed by atoms with Crippen LogP contribution >= 0.6 is 23.8 Å². The van der Waals surface area contributed by atoms with Crippen LogP contribution in [0.4, 0.5) is 5.69 Å². The molecule has 0 unspecified atom stereocenters. The molecule has 4 rings (SSSR count). The molecule has 6 nitrogen and oxygen atoms in total. The third-order valence-electron chi connectivity index (χ3n) is 5.07. The minimum atomic E-state index is -0.562. The molecule has 1 fully saturated rings. The molecule has 3 aromatic rings. The number of rotatable bonds is 3. The summed E-state index contributed by atoms with van der Waals surface area (Å²) in [5.74, 6) is -0.933. The van der Waals surface area contributed by atoms with Crippen LogP contribution in [0.15, 0.2) is 60.2 Å². The number of aryl methyl sites for hydroxylation is 1. The number of aromatic nitrogens is 1. The van der Waals surface area contributed by atoms with Crippen LogP contribution in [0.1, 0.15) is 17.0 Å². The van der Waals surface area contributed by atoms with Gasteiger partial charge in [0.2, 0.25) is 0 Å². The first kappa shape index (κ1) is 20.8. The van der Waals surface area contributed by atoms with Crippen molar-refractivity contribution in [1.29, 1.82) is 0 Å². The fourth-order valence-corrected chi connectivity index (χ4v) is 4.09. The van der Waals surface area contributed by atoms with Crippen molar-refractivity contribution in [2.24, 2.45) is 0 Å². The number of phenolic OH excluding ortho intramolecular Hbond substituents is 1. The summed E-state index contributed by atoms with van der Waals surface area (Å²) in [6.07, 6.45) is 1.56. The standard InChI is InChI=1S/C23H18ClN3O3S/c1-13-11-15(14(2)26(13)16-7-9-17(28)10-8-16)12-18-21(29)25-23(31)27(22(18)30)20-6-4-3-5-19(20)24/h3-12,28H,1-2H3,(H,25,29,31). The maximum absolute atomic E-state index is 13.2. The lowest BCUT2D eigenvalue weighted by molar-refractivity contribution is -0.122. The van der Waals surface area contributed by atoms with E-state index in [-0.39, 0.29) is 16.4 Å². The molecule has 0 spiro atoms. The van der Waals surface area contributed by atoms with E-state index >= 15 is 0 Å². The number of nitrogens with one attached hydrogen (secondary N) is 1. The number of anilines is 1. The number of nitrogens with zero attached hydrogens (tertiary/aromatic N) is 2. The van der Waals surface area contributed by atoms with Gasteiger partial charge in [0, 0.05) is 17.1 Å². The van der Waals surface area contributed by atoms with Crippen LogP contribution in [-0.2, 0) is 9.59 Å². The summed E-state index contributed by atoms with van der Waals surface area (Å²) in [6, 6.07) is 15.5. The number of benzene rings is 2. The monoisotopic (exact) mass is 451 g/mol. The van der Waals surface area contributed by atoms with E-state index in [0.29, 0.717) is 10.7 Å². The Labute approximate surface area is 189 Å². The molecular formula is C23H18ClN3O3S. The Morgan fingerprint density at radius 3 is 2.42 bits per heavy atom. The summed E-state index contributed by atoms with van der Waals surface area (Å²) >= 11 is 11.5. The Balaban J connectivity index is 1.77. The van der Waals surface area contributed by atoms with Crippen LogP contribution in [0.2, 0.25) is 5.02 Å². The highest BCUT2D eigenvalue weighted by atomic mass is 35.5. The van der Waals surface area contributed by atoms with Gasteiger partial charge in [-0.1, -0.05) is 23.7 Å². The molecular weight excluding hydrogens is 434 g/mol. The van der Waals surface area contributed by atoms with E-state index < -0.39 is 11.8 Å². The molecule has 2 amide bonds. The lowest BCUT2D eigenvalue weighted by atomic mass is 10.1. The number of aromatic hydroxyl groups is 1. The molecule has 1 aliphatic heterocycles. The first-order valence-electron chi connectivity index (χ1n) is 9.42. The zero-order chi connectivity index (χ0) is 22.3. The van der Waals surface area contributed by atoms with Crippen molar-refractivity contribution in [1.82, 2.24) is 9.88 Å². The summed E-state index contributed by atoms with van der Waals surface area (Å²) in [5, 5.41) is 12.5. The first-order valence-corrected chi connectivity index (χ1v) is 10.2. The van der Waals surface area contributed by atoms with Crippen LogP contribution in [-0.4, -0.2) is 26.6 Å². The molecule has 2 heterocycles. The molecule has 1 saturated heterocycles. The lowest BCUT2D eigenvalue weighted by Crippen LogP contribution is -2.54. The number of amides is 2. The number of hydrogen-bond acceptors (Lipinski definition) is 4. The van der Waals surface area contributed by atoms with Crippen LogP contribution in [0.5, 0.6) is 5.75 Å². The van der Waals surface area contributed by atoms with Gasteiger partial charge < -0.3 is 9.67 Å². The molecule has 0 aliphatic carbocycles. The molecule has 156 valence electrons. The molecule has 31 heavy (non-hydrogen) atoms. The van der Waals surface area contributed by atoms with E-state index in [4.69, 9.17) is 23.8 Å². The Bertz CT molecular complexity index is 1260. The summed E-state index contributed by atoms with van der Waals surface area (Å²) in [5.41, 5.74) is 3.69. The summed E-state index contributed by atoms with van der Waals surface area (Å²) in [4.78, 5) is 27.1. The summed E-state index contributed by atoms with van der Waals surface area (Å²) in [7, 11) is 0. The third kappa shape index (κ3) is 3.73. The van der Waals surface area contributed by atoms with Crippen molar-refractivity contribution in [3.05, 3.63) is 82.1 Å². The predicted octanol–water partition coefficient (Wildman–Crippen LogP) is 4.28. The zero-order valence-electron chi connectivity index (χ0n) is 16.7. The van der Waals surface area contributed by atoms with Gasteiger partial charge in [-0.15, -0.1) is 0 Å². The van der Waals surface area contributed by atoms with Gasteiger partial charge in [-0.2, -0.15) is 0 Å². The molecule has 1 aliphatic rings. The van der Waals surface area contributed by atoms with Gasteiger partial charge in [0.15, 0.2) is 5.11 Å². The molecule has 2 N–H and O–H groups in total. The SMILES string of the molecule is Cc1cc(C=C2C(=O)NC(=S)N(c3ccccc3Cl)C2=O)c(C)n1-c1ccc(O)cc1. The van der Waals surface area contributed by atoms with Crippen molar-refractivity contribution >= 4 is 52.5 Å². The summed E-state index contributed by atoms with van der Waals surface area (Å²) < 4.78 is 1.98. The second-order valence-electron chi connectivity index (χ2n) is 7.09. The van der Waals surface area contributed by atoms with E-state index in [2.05, 4.69) is 5.32 Å². The number of carbonyl (C=O) groups excluding carboxylic acids is 2. The molecule has 0 atom stereocenters. The van der Waals surface area contributed by atoms with E-state index in [1.807, 2.05) is 24.5 Å². The lowest BCUT2D eigenvalue weighted by Gasteiger charge is -2.29. The van der Waals surface area contributed by atoms with Crippen LogP contribution in [0, 0.1) is 13.8 Å². The van der Waals surface area contributed by atoms with E-state index in [0.717, 1.165) is 22.6 Å². The van der Waals surface area contributed by atoms with Gasteiger partial charge in [-0.3, -0.25) is 19.8 Å². The fourth-order valence-electron chi connectivity index (χ4n) is 3.60. The number of hydrogen-bond donors (Lipinski definition) is 2.